The molecule has 7 amide bonds. The van der Waals surface area contributed by atoms with Crippen LogP contribution in [-0.4, -0.2) is 72.7 Å². The summed E-state index contributed by atoms with van der Waals surface area (Å²) in [6.07, 6.45) is 3.30. The Bertz CT molecular complexity index is 740. The second kappa shape index (κ2) is 14.9. The van der Waals surface area contributed by atoms with Gasteiger partial charge in [0.1, 0.15) is 12.1 Å². The maximum Gasteiger partial charge on any atom is 0.312 e. The molecule has 0 aromatic rings. The van der Waals surface area contributed by atoms with E-state index in [1.807, 2.05) is 0 Å². The summed E-state index contributed by atoms with van der Waals surface area (Å²) in [6.45, 7) is 4.22. The first-order chi connectivity index (χ1) is 16.1. The quantitative estimate of drug-likeness (QED) is 0.155. The van der Waals surface area contributed by atoms with E-state index in [9.17, 15) is 28.8 Å². The van der Waals surface area contributed by atoms with Gasteiger partial charge in [-0.3, -0.25) is 28.9 Å². The van der Waals surface area contributed by atoms with E-state index < -0.39 is 24.0 Å². The van der Waals surface area contributed by atoms with Crippen molar-refractivity contribution in [3.8, 4) is 0 Å². The molecule has 0 spiro atoms. The van der Waals surface area contributed by atoms with Gasteiger partial charge in [-0.1, -0.05) is 20.3 Å². The molecule has 0 saturated carbocycles. The topological polar surface area (TPSA) is 180 Å². The first kappa shape index (κ1) is 28.9. The van der Waals surface area contributed by atoms with Gasteiger partial charge in [-0.05, 0) is 31.6 Å². The number of hydrogen-bond donors (Lipinski definition) is 5. The van der Waals surface area contributed by atoms with Crippen molar-refractivity contribution in [3.05, 3.63) is 0 Å². The van der Waals surface area contributed by atoms with Crippen LogP contribution in [0.5, 0.6) is 0 Å². The summed E-state index contributed by atoms with van der Waals surface area (Å²) in [4.78, 5) is 72.6. The maximum absolute atomic E-state index is 12.8. The Morgan fingerprint density at radius 2 is 1.59 bits per heavy atom. The number of likely N-dealkylation sites (N-methyl/N-ethyl adjacent to an activating group) is 1. The fourth-order valence-electron chi connectivity index (χ4n) is 3.61. The van der Waals surface area contributed by atoms with Gasteiger partial charge in [0.25, 0.3) is 0 Å². The number of nitrogens with two attached hydrogens (primary N) is 1. The largest absolute Gasteiger partial charge is 0.357 e. The van der Waals surface area contributed by atoms with Crippen molar-refractivity contribution in [2.45, 2.75) is 77.3 Å². The van der Waals surface area contributed by atoms with Crippen molar-refractivity contribution in [1.82, 2.24) is 26.2 Å². The molecule has 0 aromatic carbocycles. The molecule has 12 nitrogen and oxygen atoms in total. The zero-order chi connectivity index (χ0) is 25.7. The second-order valence-corrected chi connectivity index (χ2v) is 8.65. The highest BCUT2D eigenvalue weighted by atomic mass is 16.2. The molecule has 0 unspecified atom stereocenters. The number of carbonyl (C=O) groups excluding carboxylic acids is 6. The lowest BCUT2D eigenvalue weighted by Gasteiger charge is -2.25. The molecule has 192 valence electrons. The number of nitrogens with one attached hydrogen (secondary N) is 4. The summed E-state index contributed by atoms with van der Waals surface area (Å²) in [5.74, 6) is -1.63. The predicted molar refractivity (Wildman–Crippen MR) is 124 cm³/mol. The normalized spacial score (nSPS) is 15.1. The van der Waals surface area contributed by atoms with Crippen LogP contribution >= 0.6 is 0 Å². The number of rotatable bonds is 15. The monoisotopic (exact) mass is 482 g/mol. The van der Waals surface area contributed by atoms with Crippen LogP contribution in [0.3, 0.4) is 0 Å². The van der Waals surface area contributed by atoms with Gasteiger partial charge < -0.3 is 27.0 Å². The van der Waals surface area contributed by atoms with Gasteiger partial charge in [0.2, 0.25) is 29.5 Å². The molecule has 1 aliphatic heterocycles. The van der Waals surface area contributed by atoms with Crippen molar-refractivity contribution in [3.63, 3.8) is 0 Å². The molecular weight excluding hydrogens is 444 g/mol. The molecule has 12 heteroatoms. The van der Waals surface area contributed by atoms with Crippen LogP contribution in [0.2, 0.25) is 0 Å². The summed E-state index contributed by atoms with van der Waals surface area (Å²) in [7, 11) is 1.46. The standard InChI is InChI=1S/C22H38N6O6/c1-14(2)19(21(33)26-15(20(32)24-3)8-7-12-25-22(23)34)27-16(29)9-5-4-6-13-28-17(30)10-11-18(28)31/h14-15,19H,4-13H2,1-3H3,(H,24,32)(H,26,33)(H,27,29)(H3,23,25,34)/t15-,19-/m0/s1. The van der Waals surface area contributed by atoms with Crippen LogP contribution in [0.15, 0.2) is 0 Å². The van der Waals surface area contributed by atoms with Gasteiger partial charge in [-0.25, -0.2) is 4.79 Å². The molecule has 0 radical (unpaired) electrons. The number of hydrogen-bond acceptors (Lipinski definition) is 6. The van der Waals surface area contributed by atoms with Gasteiger partial charge >= 0.3 is 6.03 Å². The maximum atomic E-state index is 12.8. The van der Waals surface area contributed by atoms with Crippen LogP contribution in [-0.2, 0) is 24.0 Å². The summed E-state index contributed by atoms with van der Waals surface area (Å²) in [6, 6.07) is -2.30. The Morgan fingerprint density at radius 1 is 0.941 bits per heavy atom. The van der Waals surface area contributed by atoms with E-state index in [2.05, 4.69) is 21.3 Å². The number of amides is 7. The minimum atomic E-state index is -0.818. The molecule has 0 aliphatic carbocycles. The first-order valence-electron chi connectivity index (χ1n) is 11.7. The summed E-state index contributed by atoms with van der Waals surface area (Å²) >= 11 is 0. The van der Waals surface area contributed by atoms with Crippen LogP contribution < -0.4 is 27.0 Å². The summed E-state index contributed by atoms with van der Waals surface area (Å²) in [5.41, 5.74) is 5.02. The lowest BCUT2D eigenvalue weighted by atomic mass is 10.0. The number of likely N-dealkylation sites (tertiary alicyclic amines) is 1. The Kier molecular flexibility index (Phi) is 12.6. The Morgan fingerprint density at radius 3 is 2.15 bits per heavy atom. The molecule has 0 aromatic heterocycles. The zero-order valence-corrected chi connectivity index (χ0v) is 20.3. The van der Waals surface area contributed by atoms with Crippen LogP contribution in [0.1, 0.15) is 65.2 Å². The van der Waals surface area contributed by atoms with E-state index in [-0.39, 0.29) is 61.8 Å². The lowest BCUT2D eigenvalue weighted by Crippen LogP contribution is -2.55. The van der Waals surface area contributed by atoms with Crippen molar-refractivity contribution >= 4 is 35.6 Å². The fraction of sp³-hybridized carbons (Fsp3) is 0.727. The van der Waals surface area contributed by atoms with Crippen molar-refractivity contribution in [2.24, 2.45) is 11.7 Å². The minimum Gasteiger partial charge on any atom is -0.357 e. The smallest absolute Gasteiger partial charge is 0.312 e. The number of imide groups is 1. The van der Waals surface area contributed by atoms with Gasteiger partial charge in [-0.15, -0.1) is 0 Å². The van der Waals surface area contributed by atoms with Crippen molar-refractivity contribution in [1.29, 1.82) is 0 Å². The molecule has 2 atom stereocenters. The van der Waals surface area contributed by atoms with E-state index in [0.29, 0.717) is 32.2 Å². The highest BCUT2D eigenvalue weighted by Crippen LogP contribution is 2.13. The average Bonchev–Trinajstić information content (AvgIpc) is 3.10. The summed E-state index contributed by atoms with van der Waals surface area (Å²) in [5, 5.41) is 10.3. The zero-order valence-electron chi connectivity index (χ0n) is 20.3. The Balaban J connectivity index is 2.48. The van der Waals surface area contributed by atoms with Crippen LogP contribution in [0.4, 0.5) is 4.79 Å². The number of urea groups is 1. The highest BCUT2D eigenvalue weighted by molar-refractivity contribution is 6.01. The first-order valence-corrected chi connectivity index (χ1v) is 11.7. The number of nitrogens with zero attached hydrogens (tertiary/aromatic N) is 1. The summed E-state index contributed by atoms with van der Waals surface area (Å²) < 4.78 is 0. The molecule has 1 rings (SSSR count). The van der Waals surface area contributed by atoms with E-state index in [4.69, 9.17) is 5.73 Å². The predicted octanol–water partition coefficient (Wildman–Crippen LogP) is -0.484. The van der Waals surface area contributed by atoms with Gasteiger partial charge in [0, 0.05) is 39.4 Å². The van der Waals surface area contributed by atoms with Crippen molar-refractivity contribution < 1.29 is 28.8 Å². The van der Waals surface area contributed by atoms with Crippen LogP contribution in [0, 0.1) is 5.92 Å². The fourth-order valence-corrected chi connectivity index (χ4v) is 3.61. The molecule has 0 bridgehead atoms. The molecule has 1 saturated heterocycles. The third-order valence-electron chi connectivity index (χ3n) is 5.55. The minimum absolute atomic E-state index is 0.146. The van der Waals surface area contributed by atoms with E-state index >= 15 is 0 Å². The lowest BCUT2D eigenvalue weighted by molar-refractivity contribution is -0.138. The SMILES string of the molecule is CNC(=O)[C@H](CCCNC(N)=O)NC(=O)[C@@H](NC(=O)CCCCCN1C(=O)CCC1=O)C(C)C. The number of unbranched alkanes of at least 4 members (excludes halogenated alkanes) is 2. The molecule has 34 heavy (non-hydrogen) atoms. The molecule has 1 heterocycles. The van der Waals surface area contributed by atoms with E-state index in [1.54, 1.807) is 13.8 Å². The van der Waals surface area contributed by atoms with Gasteiger partial charge in [0.15, 0.2) is 0 Å². The van der Waals surface area contributed by atoms with Gasteiger partial charge in [0.05, 0.1) is 0 Å². The Hall–Kier alpha value is -3.18. The number of carbonyl (C=O) groups is 6. The van der Waals surface area contributed by atoms with Gasteiger partial charge in [-0.2, -0.15) is 0 Å². The number of primary amides is 1. The van der Waals surface area contributed by atoms with E-state index in [1.165, 1.54) is 11.9 Å². The highest BCUT2D eigenvalue weighted by Gasteiger charge is 2.29. The average molecular weight is 483 g/mol. The third-order valence-corrected chi connectivity index (χ3v) is 5.55. The molecule has 6 N–H and O–H groups in total. The molecular formula is C22H38N6O6. The van der Waals surface area contributed by atoms with E-state index in [0.717, 1.165) is 0 Å². The third kappa shape index (κ3) is 10.2. The molecule has 1 fully saturated rings. The second-order valence-electron chi connectivity index (χ2n) is 8.65. The Labute approximate surface area is 200 Å². The van der Waals surface area contributed by atoms with Crippen LogP contribution in [0.25, 0.3) is 0 Å². The van der Waals surface area contributed by atoms with Crippen molar-refractivity contribution in [2.75, 3.05) is 20.1 Å². The molecule has 1 aliphatic rings.